The summed E-state index contributed by atoms with van der Waals surface area (Å²) in [7, 11) is 0. The van der Waals surface area contributed by atoms with Gasteiger partial charge >= 0.3 is 0 Å². The number of aromatic nitrogens is 10. The van der Waals surface area contributed by atoms with Gasteiger partial charge in [-0.3, -0.25) is 9.13 Å². The van der Waals surface area contributed by atoms with Crippen molar-refractivity contribution in [2.45, 2.75) is 0 Å². The van der Waals surface area contributed by atoms with E-state index in [0.29, 0.717) is 11.6 Å². The molecular formula is C102H66N10. The van der Waals surface area contributed by atoms with Gasteiger partial charge in [-0.25, -0.2) is 29.9 Å². The highest BCUT2D eigenvalue weighted by molar-refractivity contribution is 6.14. The summed E-state index contributed by atoms with van der Waals surface area (Å²) < 4.78 is 9.23. The van der Waals surface area contributed by atoms with Crippen LogP contribution >= 0.6 is 0 Å². The van der Waals surface area contributed by atoms with Crippen LogP contribution in [0, 0.1) is 0 Å². The summed E-state index contributed by atoms with van der Waals surface area (Å²) >= 11 is 0. The maximum Gasteiger partial charge on any atom is 0.160 e. The highest BCUT2D eigenvalue weighted by Gasteiger charge is 2.22. The second-order valence-electron chi connectivity index (χ2n) is 28.2. The Bertz CT molecular complexity index is 6800. The van der Waals surface area contributed by atoms with Gasteiger partial charge < -0.3 is 9.13 Å². The standard InChI is InChI=1S/2C51H33N5/c1-4-15-34(16-5-1)45-32-46(54-50(53-45)35-17-6-2-7-18-35)37-19-14-22-40(29-37)55-47-25-12-10-23-41(47)43-30-36(27-28-49(43)55)38-31-44-42-24-11-13-26-48(42)56(51(44)52-33-38)39-20-8-3-9-21-39;1-4-15-34(16-5-1)45-32-46(35-17-6-2-7-18-35)54-50(53-45)37-19-14-22-40(29-37)55-47-25-12-10-23-41(47)43-30-36(27-28-49(43)55)38-31-44-42-24-11-13-26-48(42)56(51(44)52-33-38)39-20-8-3-9-21-39/h2*1-33H. The summed E-state index contributed by atoms with van der Waals surface area (Å²) in [6.07, 6.45) is 4.03. The van der Waals surface area contributed by atoms with Crippen molar-refractivity contribution in [1.29, 1.82) is 0 Å². The molecule has 524 valence electrons. The van der Waals surface area contributed by atoms with Crippen molar-refractivity contribution in [3.05, 3.63) is 401 Å². The smallest absolute Gasteiger partial charge is 0.160 e. The van der Waals surface area contributed by atoms with Crippen LogP contribution in [0.2, 0.25) is 0 Å². The first-order valence-electron chi connectivity index (χ1n) is 37.7. The Balaban J connectivity index is 0.000000141. The number of para-hydroxylation sites is 6. The molecule has 8 heterocycles. The van der Waals surface area contributed by atoms with E-state index in [2.05, 4.69) is 322 Å². The van der Waals surface area contributed by atoms with Gasteiger partial charge in [-0.05, 0) is 132 Å². The number of nitrogens with zero attached hydrogens (tertiary/aromatic N) is 10. The van der Waals surface area contributed by atoms with Crippen LogP contribution in [0.1, 0.15) is 0 Å². The molecule has 22 rings (SSSR count). The van der Waals surface area contributed by atoms with Crippen molar-refractivity contribution in [3.8, 4) is 113 Å². The molecule has 0 aliphatic heterocycles. The molecule has 0 unspecified atom stereocenters. The lowest BCUT2D eigenvalue weighted by Gasteiger charge is -2.12. The zero-order chi connectivity index (χ0) is 74.0. The fourth-order valence-electron chi connectivity index (χ4n) is 16.3. The van der Waals surface area contributed by atoms with E-state index in [9.17, 15) is 0 Å². The molecule has 0 atom stereocenters. The lowest BCUT2D eigenvalue weighted by Crippen LogP contribution is -1.98. The zero-order valence-corrected chi connectivity index (χ0v) is 60.6. The molecule has 10 nitrogen and oxygen atoms in total. The Morgan fingerprint density at radius 3 is 0.857 bits per heavy atom. The molecule has 22 aromatic rings. The van der Waals surface area contributed by atoms with Gasteiger partial charge in [0.15, 0.2) is 11.6 Å². The van der Waals surface area contributed by atoms with E-state index in [-0.39, 0.29) is 0 Å². The SMILES string of the molecule is c1ccc(-c2cc(-c3cccc(-n4c5ccccc5c5cc(-c6cnc7c(c6)c6ccccc6n7-c6ccccc6)ccc54)c3)nc(-c3ccccc3)n2)cc1.c1ccc(-c2cc(-c3ccccc3)nc(-c3cccc(-n4c5ccccc5c5cc(-c6cnc7c(c6)c6ccccc6n7-c6ccccc6)ccc54)c3)n2)cc1. The van der Waals surface area contributed by atoms with E-state index < -0.39 is 0 Å². The molecule has 10 heteroatoms. The summed E-state index contributed by atoms with van der Waals surface area (Å²) in [6, 6.07) is 136. The predicted octanol–water partition coefficient (Wildman–Crippen LogP) is 25.5. The Morgan fingerprint density at radius 1 is 0.161 bits per heavy atom. The molecular weight excluding hydrogens is 1370 g/mol. The van der Waals surface area contributed by atoms with E-state index in [4.69, 9.17) is 29.9 Å². The number of benzene rings is 14. The summed E-state index contributed by atoms with van der Waals surface area (Å²) in [6.45, 7) is 0. The fraction of sp³-hybridized carbons (Fsp3) is 0. The summed E-state index contributed by atoms with van der Waals surface area (Å²) in [5, 5.41) is 9.41. The summed E-state index contributed by atoms with van der Waals surface area (Å²) in [5.41, 5.74) is 27.2. The van der Waals surface area contributed by atoms with Crippen molar-refractivity contribution in [2.24, 2.45) is 0 Å². The van der Waals surface area contributed by atoms with Gasteiger partial charge in [-0.1, -0.05) is 267 Å². The normalized spacial score (nSPS) is 11.6. The second kappa shape index (κ2) is 27.5. The summed E-state index contributed by atoms with van der Waals surface area (Å²) in [5.74, 6) is 1.39. The summed E-state index contributed by atoms with van der Waals surface area (Å²) in [4.78, 5) is 30.6. The van der Waals surface area contributed by atoms with Gasteiger partial charge in [0.25, 0.3) is 0 Å². The van der Waals surface area contributed by atoms with Crippen LogP contribution in [0.5, 0.6) is 0 Å². The number of hydrogen-bond donors (Lipinski definition) is 0. The van der Waals surface area contributed by atoms with Crippen LogP contribution in [0.3, 0.4) is 0 Å². The molecule has 0 aliphatic rings. The number of hydrogen-bond acceptors (Lipinski definition) is 6. The zero-order valence-electron chi connectivity index (χ0n) is 60.6. The monoisotopic (exact) mass is 1430 g/mol. The first-order valence-corrected chi connectivity index (χ1v) is 37.7. The molecule has 14 aromatic carbocycles. The van der Waals surface area contributed by atoms with Crippen molar-refractivity contribution in [1.82, 2.24) is 48.2 Å². The lowest BCUT2D eigenvalue weighted by molar-refractivity contribution is 1.14. The highest BCUT2D eigenvalue weighted by Crippen LogP contribution is 2.42. The molecule has 0 fully saturated rings. The maximum atomic E-state index is 5.12. The van der Waals surface area contributed by atoms with E-state index in [1.807, 2.05) is 97.3 Å². The third kappa shape index (κ3) is 11.5. The fourth-order valence-corrected chi connectivity index (χ4v) is 16.3. The van der Waals surface area contributed by atoms with Gasteiger partial charge in [0.2, 0.25) is 0 Å². The van der Waals surface area contributed by atoms with Crippen molar-refractivity contribution in [3.63, 3.8) is 0 Å². The van der Waals surface area contributed by atoms with Crippen LogP contribution in [-0.2, 0) is 0 Å². The Morgan fingerprint density at radius 2 is 0.446 bits per heavy atom. The molecule has 0 saturated heterocycles. The van der Waals surface area contributed by atoms with Crippen LogP contribution in [-0.4, -0.2) is 48.2 Å². The number of pyridine rings is 2. The highest BCUT2D eigenvalue weighted by atomic mass is 15.1. The second-order valence-corrected chi connectivity index (χ2v) is 28.2. The largest absolute Gasteiger partial charge is 0.309 e. The van der Waals surface area contributed by atoms with Crippen molar-refractivity contribution >= 4 is 87.5 Å². The van der Waals surface area contributed by atoms with E-state index in [1.54, 1.807) is 0 Å². The Kier molecular flexibility index (Phi) is 16.0. The van der Waals surface area contributed by atoms with Crippen LogP contribution in [0.15, 0.2) is 401 Å². The Hall–Kier alpha value is -15.3. The first kappa shape index (κ1) is 65.1. The molecule has 0 N–H and O–H groups in total. The minimum atomic E-state index is 0.687. The molecule has 0 aliphatic carbocycles. The van der Waals surface area contributed by atoms with Gasteiger partial charge in [0, 0.05) is 123 Å². The quantitative estimate of drug-likeness (QED) is 0.121. The number of rotatable bonds is 12. The van der Waals surface area contributed by atoms with E-state index in [0.717, 1.165) is 156 Å². The minimum Gasteiger partial charge on any atom is -0.309 e. The third-order valence-electron chi connectivity index (χ3n) is 21.5. The topological polar surface area (TPSA) is 97.1 Å². The predicted molar refractivity (Wildman–Crippen MR) is 460 cm³/mol. The van der Waals surface area contributed by atoms with Crippen LogP contribution < -0.4 is 0 Å². The Labute approximate surface area is 645 Å². The van der Waals surface area contributed by atoms with Crippen LogP contribution in [0.25, 0.3) is 200 Å². The molecule has 112 heavy (non-hydrogen) atoms. The van der Waals surface area contributed by atoms with Crippen molar-refractivity contribution < 1.29 is 0 Å². The number of fused-ring (bicyclic) bond motifs is 12. The van der Waals surface area contributed by atoms with E-state index >= 15 is 0 Å². The molecule has 0 radical (unpaired) electrons. The van der Waals surface area contributed by atoms with Gasteiger partial charge in [0.05, 0.1) is 55.9 Å². The van der Waals surface area contributed by atoms with E-state index in [1.165, 1.54) is 32.3 Å². The minimum absolute atomic E-state index is 0.687. The first-order chi connectivity index (χ1) is 55.5. The third-order valence-corrected chi connectivity index (χ3v) is 21.5. The van der Waals surface area contributed by atoms with Crippen molar-refractivity contribution in [2.75, 3.05) is 0 Å². The lowest BCUT2D eigenvalue weighted by atomic mass is 10.0. The van der Waals surface area contributed by atoms with Gasteiger partial charge in [0.1, 0.15) is 11.3 Å². The molecule has 0 spiro atoms. The van der Waals surface area contributed by atoms with Crippen LogP contribution in [0.4, 0.5) is 0 Å². The average Bonchev–Trinajstić information content (AvgIpc) is 1.59. The molecule has 0 amide bonds. The van der Waals surface area contributed by atoms with Gasteiger partial charge in [-0.15, -0.1) is 0 Å². The molecule has 0 bridgehead atoms. The maximum absolute atomic E-state index is 5.12. The average molecular weight is 1430 g/mol. The molecule has 8 aromatic heterocycles. The molecule has 0 saturated carbocycles. The van der Waals surface area contributed by atoms with Gasteiger partial charge in [-0.2, -0.15) is 0 Å².